The lowest BCUT2D eigenvalue weighted by molar-refractivity contribution is 0.0820. The van der Waals surface area contributed by atoms with Crippen LogP contribution in [-0.4, -0.2) is 48.8 Å². The van der Waals surface area contributed by atoms with E-state index in [1.165, 1.54) is 58.0 Å². The van der Waals surface area contributed by atoms with Crippen molar-refractivity contribution in [3.63, 3.8) is 0 Å². The summed E-state index contributed by atoms with van der Waals surface area (Å²) in [6.07, 6.45) is 9.41. The lowest BCUT2D eigenvalue weighted by Crippen LogP contribution is -2.48. The first kappa shape index (κ1) is 17.2. The minimum Gasteiger partial charge on any atom is -0.396 e. The summed E-state index contributed by atoms with van der Waals surface area (Å²) in [4.78, 5) is 2.63. The summed E-state index contributed by atoms with van der Waals surface area (Å²) in [7, 11) is 0. The number of hydrogen-bond donors (Lipinski definition) is 2. The maximum atomic E-state index is 9.42. The van der Waals surface area contributed by atoms with Crippen molar-refractivity contribution in [1.29, 1.82) is 0 Å². The van der Waals surface area contributed by atoms with E-state index in [1.54, 1.807) is 0 Å². The molecule has 3 heteroatoms. The summed E-state index contributed by atoms with van der Waals surface area (Å²) in [5, 5.41) is 13.2. The molecular formula is C18H36N2O. The SMILES string of the molecule is CCCC1CCC(NCC)C(CN2CCCC(CO)C2)C1. The Bertz CT molecular complexity index is 284. The minimum atomic E-state index is 0.371. The fourth-order valence-corrected chi connectivity index (χ4v) is 4.56. The Morgan fingerprint density at radius 2 is 2.00 bits per heavy atom. The zero-order chi connectivity index (χ0) is 15.1. The van der Waals surface area contributed by atoms with Crippen molar-refractivity contribution in [2.75, 3.05) is 32.8 Å². The van der Waals surface area contributed by atoms with Crippen LogP contribution >= 0.6 is 0 Å². The lowest BCUT2D eigenvalue weighted by atomic mass is 9.75. The van der Waals surface area contributed by atoms with E-state index in [1.807, 2.05) is 0 Å². The molecule has 0 bridgehead atoms. The van der Waals surface area contributed by atoms with Crippen molar-refractivity contribution >= 4 is 0 Å². The predicted octanol–water partition coefficient (Wildman–Crippen LogP) is 2.89. The van der Waals surface area contributed by atoms with Gasteiger partial charge in [-0.2, -0.15) is 0 Å². The summed E-state index contributed by atoms with van der Waals surface area (Å²) in [6, 6.07) is 0.720. The molecule has 2 fully saturated rings. The number of likely N-dealkylation sites (tertiary alicyclic amines) is 1. The van der Waals surface area contributed by atoms with Crippen LogP contribution in [0.25, 0.3) is 0 Å². The first-order chi connectivity index (χ1) is 10.3. The van der Waals surface area contributed by atoms with Crippen molar-refractivity contribution in [3.05, 3.63) is 0 Å². The third-order valence-electron chi connectivity index (χ3n) is 5.61. The Balaban J connectivity index is 1.88. The molecule has 0 aromatic carbocycles. The summed E-state index contributed by atoms with van der Waals surface area (Å²) in [6.45, 7) is 9.62. The van der Waals surface area contributed by atoms with Crippen molar-refractivity contribution in [2.24, 2.45) is 17.8 Å². The third kappa shape index (κ3) is 5.22. The summed E-state index contributed by atoms with van der Waals surface area (Å²) in [5.41, 5.74) is 0. The average molecular weight is 296 g/mol. The van der Waals surface area contributed by atoms with E-state index in [4.69, 9.17) is 0 Å². The van der Waals surface area contributed by atoms with Gasteiger partial charge in [-0.25, -0.2) is 0 Å². The average Bonchev–Trinajstić information content (AvgIpc) is 2.50. The van der Waals surface area contributed by atoms with Crippen LogP contribution < -0.4 is 5.32 Å². The second kappa shape index (κ2) is 9.12. The van der Waals surface area contributed by atoms with Gasteiger partial charge in [-0.1, -0.05) is 26.7 Å². The molecule has 2 rings (SSSR count). The molecule has 4 atom stereocenters. The van der Waals surface area contributed by atoms with Crippen LogP contribution in [0.5, 0.6) is 0 Å². The van der Waals surface area contributed by atoms with Crippen LogP contribution in [0.2, 0.25) is 0 Å². The molecule has 0 amide bonds. The van der Waals surface area contributed by atoms with Crippen molar-refractivity contribution < 1.29 is 5.11 Å². The van der Waals surface area contributed by atoms with Crippen LogP contribution in [0.4, 0.5) is 0 Å². The van der Waals surface area contributed by atoms with Crippen LogP contribution in [-0.2, 0) is 0 Å². The van der Waals surface area contributed by atoms with Crippen LogP contribution in [0, 0.1) is 17.8 Å². The number of aliphatic hydroxyl groups is 1. The third-order valence-corrected chi connectivity index (χ3v) is 5.61. The van der Waals surface area contributed by atoms with E-state index in [2.05, 4.69) is 24.1 Å². The number of aliphatic hydroxyl groups excluding tert-OH is 1. The van der Waals surface area contributed by atoms with Gasteiger partial charge in [0.15, 0.2) is 0 Å². The second-order valence-electron chi connectivity index (χ2n) is 7.34. The largest absolute Gasteiger partial charge is 0.396 e. The standard InChI is InChI=1S/C18H36N2O/c1-3-6-15-8-9-18(19-4-2)17(11-15)13-20-10-5-7-16(12-20)14-21/h15-19,21H,3-14H2,1-2H3. The molecule has 21 heavy (non-hydrogen) atoms. The highest BCUT2D eigenvalue weighted by atomic mass is 16.3. The molecule has 1 aliphatic heterocycles. The van der Waals surface area contributed by atoms with Gasteiger partial charge >= 0.3 is 0 Å². The quantitative estimate of drug-likeness (QED) is 0.758. The second-order valence-corrected chi connectivity index (χ2v) is 7.34. The minimum absolute atomic E-state index is 0.371. The summed E-state index contributed by atoms with van der Waals surface area (Å²) < 4.78 is 0. The van der Waals surface area contributed by atoms with E-state index in [0.717, 1.165) is 31.0 Å². The van der Waals surface area contributed by atoms with Gasteiger partial charge in [-0.3, -0.25) is 0 Å². The molecule has 1 saturated carbocycles. The maximum absolute atomic E-state index is 9.42. The van der Waals surface area contributed by atoms with Crippen molar-refractivity contribution in [3.8, 4) is 0 Å². The van der Waals surface area contributed by atoms with Crippen molar-refractivity contribution in [1.82, 2.24) is 10.2 Å². The van der Waals surface area contributed by atoms with E-state index in [9.17, 15) is 5.11 Å². The maximum Gasteiger partial charge on any atom is 0.0471 e. The Kier molecular flexibility index (Phi) is 7.48. The van der Waals surface area contributed by atoms with E-state index < -0.39 is 0 Å². The molecule has 3 nitrogen and oxygen atoms in total. The molecule has 2 aliphatic rings. The number of nitrogens with one attached hydrogen (secondary N) is 1. The normalized spacial score (nSPS) is 35.0. The fourth-order valence-electron chi connectivity index (χ4n) is 4.56. The van der Waals surface area contributed by atoms with Gasteiger partial charge in [-0.05, 0) is 62.9 Å². The van der Waals surface area contributed by atoms with Crippen LogP contribution in [0.3, 0.4) is 0 Å². The monoisotopic (exact) mass is 296 g/mol. The highest BCUT2D eigenvalue weighted by molar-refractivity contribution is 4.87. The molecule has 0 radical (unpaired) electrons. The van der Waals surface area contributed by atoms with Crippen LogP contribution in [0.15, 0.2) is 0 Å². The van der Waals surface area contributed by atoms with Crippen LogP contribution in [0.1, 0.15) is 58.8 Å². The summed E-state index contributed by atoms with van der Waals surface area (Å²) in [5.74, 6) is 2.28. The highest BCUT2D eigenvalue weighted by Gasteiger charge is 2.32. The molecular weight excluding hydrogens is 260 g/mol. The van der Waals surface area contributed by atoms with Gasteiger partial charge in [0, 0.05) is 25.7 Å². The first-order valence-electron chi connectivity index (χ1n) is 9.33. The number of hydrogen-bond acceptors (Lipinski definition) is 3. The Morgan fingerprint density at radius 3 is 2.71 bits per heavy atom. The molecule has 1 saturated heterocycles. The van der Waals surface area contributed by atoms with Crippen molar-refractivity contribution in [2.45, 2.75) is 64.8 Å². The molecule has 124 valence electrons. The molecule has 0 aromatic rings. The topological polar surface area (TPSA) is 35.5 Å². The molecule has 0 aromatic heterocycles. The number of rotatable bonds is 7. The number of nitrogens with zero attached hydrogens (tertiary/aromatic N) is 1. The van der Waals surface area contributed by atoms with E-state index in [0.29, 0.717) is 12.5 Å². The molecule has 1 heterocycles. The Hall–Kier alpha value is -0.120. The molecule has 4 unspecified atom stereocenters. The lowest BCUT2D eigenvalue weighted by Gasteiger charge is -2.41. The van der Waals surface area contributed by atoms with E-state index >= 15 is 0 Å². The smallest absolute Gasteiger partial charge is 0.0471 e. The van der Waals surface area contributed by atoms with Gasteiger partial charge in [0.25, 0.3) is 0 Å². The fraction of sp³-hybridized carbons (Fsp3) is 1.00. The highest BCUT2D eigenvalue weighted by Crippen LogP contribution is 2.33. The van der Waals surface area contributed by atoms with Gasteiger partial charge < -0.3 is 15.3 Å². The first-order valence-corrected chi connectivity index (χ1v) is 9.33. The molecule has 2 N–H and O–H groups in total. The Labute approximate surface area is 131 Å². The summed E-state index contributed by atoms with van der Waals surface area (Å²) >= 11 is 0. The van der Waals surface area contributed by atoms with Gasteiger partial charge in [-0.15, -0.1) is 0 Å². The van der Waals surface area contributed by atoms with Gasteiger partial charge in [0.2, 0.25) is 0 Å². The van der Waals surface area contributed by atoms with Gasteiger partial charge in [0.05, 0.1) is 0 Å². The molecule has 0 spiro atoms. The predicted molar refractivity (Wildman–Crippen MR) is 89.5 cm³/mol. The zero-order valence-corrected chi connectivity index (χ0v) is 14.2. The Morgan fingerprint density at radius 1 is 1.14 bits per heavy atom. The van der Waals surface area contributed by atoms with Gasteiger partial charge in [0.1, 0.15) is 0 Å². The molecule has 1 aliphatic carbocycles. The number of piperidine rings is 1. The van der Waals surface area contributed by atoms with E-state index in [-0.39, 0.29) is 0 Å². The zero-order valence-electron chi connectivity index (χ0n) is 14.2.